The van der Waals surface area contributed by atoms with Gasteiger partial charge in [0.25, 0.3) is 0 Å². The van der Waals surface area contributed by atoms with Gasteiger partial charge in [-0.3, -0.25) is 0 Å². The normalized spacial score (nSPS) is 20.4. The Labute approximate surface area is 123 Å². The van der Waals surface area contributed by atoms with Gasteiger partial charge in [0, 0.05) is 32.3 Å². The van der Waals surface area contributed by atoms with E-state index < -0.39 is 0 Å². The number of nitrogens with one attached hydrogen (secondary N) is 1. The second kappa shape index (κ2) is 8.40. The van der Waals surface area contributed by atoms with Crippen molar-refractivity contribution in [3.8, 4) is 0 Å². The maximum absolute atomic E-state index is 5.62. The van der Waals surface area contributed by atoms with Crippen LogP contribution >= 0.6 is 0 Å². The Balaban J connectivity index is 1.60. The zero-order valence-electron chi connectivity index (χ0n) is 12.8. The first kappa shape index (κ1) is 15.5. The number of nitrogens with zero attached hydrogens (tertiary/aromatic N) is 1. The molecule has 1 aromatic rings. The van der Waals surface area contributed by atoms with Gasteiger partial charge in [-0.15, -0.1) is 0 Å². The second-order valence-corrected chi connectivity index (χ2v) is 5.86. The fraction of sp³-hybridized carbons (Fsp3) is 0.647. The minimum absolute atomic E-state index is 0.442. The summed E-state index contributed by atoms with van der Waals surface area (Å²) in [4.78, 5) is 2.43. The molecule has 2 atom stereocenters. The van der Waals surface area contributed by atoms with Crippen LogP contribution < -0.4 is 5.32 Å². The highest BCUT2D eigenvalue weighted by atomic mass is 16.5. The van der Waals surface area contributed by atoms with Crippen LogP contribution in [-0.4, -0.2) is 50.3 Å². The minimum atomic E-state index is 0.442. The number of hydrogen-bond donors (Lipinski definition) is 1. The van der Waals surface area contributed by atoms with E-state index in [9.17, 15) is 0 Å². The van der Waals surface area contributed by atoms with E-state index in [1.54, 1.807) is 0 Å². The van der Waals surface area contributed by atoms with Crippen molar-refractivity contribution < 1.29 is 4.74 Å². The SMILES string of the molecule is CC(CNCC1CCCO1)N(C)CCc1ccccc1. The van der Waals surface area contributed by atoms with Crippen LogP contribution in [0.25, 0.3) is 0 Å². The highest BCUT2D eigenvalue weighted by Gasteiger charge is 2.15. The number of rotatable bonds is 8. The lowest BCUT2D eigenvalue weighted by molar-refractivity contribution is 0.108. The summed E-state index contributed by atoms with van der Waals surface area (Å²) < 4.78 is 5.62. The van der Waals surface area contributed by atoms with Crippen molar-refractivity contribution in [1.29, 1.82) is 0 Å². The van der Waals surface area contributed by atoms with E-state index in [-0.39, 0.29) is 0 Å². The summed E-state index contributed by atoms with van der Waals surface area (Å²) in [6, 6.07) is 11.3. The molecule has 112 valence electrons. The van der Waals surface area contributed by atoms with Crippen molar-refractivity contribution in [2.24, 2.45) is 0 Å². The van der Waals surface area contributed by atoms with Crippen LogP contribution in [0.4, 0.5) is 0 Å². The highest BCUT2D eigenvalue weighted by Crippen LogP contribution is 2.10. The minimum Gasteiger partial charge on any atom is -0.377 e. The van der Waals surface area contributed by atoms with Gasteiger partial charge >= 0.3 is 0 Å². The van der Waals surface area contributed by atoms with Crippen LogP contribution in [0, 0.1) is 0 Å². The molecule has 0 saturated carbocycles. The van der Waals surface area contributed by atoms with Gasteiger partial charge in [0.2, 0.25) is 0 Å². The standard InChI is InChI=1S/C17H28N2O/c1-15(13-18-14-17-9-6-12-20-17)19(2)11-10-16-7-4-3-5-8-16/h3-5,7-8,15,17-18H,6,9-14H2,1-2H3. The molecule has 1 N–H and O–H groups in total. The topological polar surface area (TPSA) is 24.5 Å². The number of likely N-dealkylation sites (N-methyl/N-ethyl adjacent to an activating group) is 1. The zero-order valence-corrected chi connectivity index (χ0v) is 12.8. The third kappa shape index (κ3) is 5.23. The van der Waals surface area contributed by atoms with Crippen LogP contribution in [0.15, 0.2) is 30.3 Å². The molecule has 1 heterocycles. The van der Waals surface area contributed by atoms with Crippen molar-refractivity contribution in [2.75, 3.05) is 33.3 Å². The molecule has 1 saturated heterocycles. The summed E-state index contributed by atoms with van der Waals surface area (Å²) in [6.07, 6.45) is 3.99. The molecule has 0 radical (unpaired) electrons. The predicted molar refractivity (Wildman–Crippen MR) is 84.1 cm³/mol. The monoisotopic (exact) mass is 276 g/mol. The number of benzene rings is 1. The largest absolute Gasteiger partial charge is 0.377 e. The third-order valence-electron chi connectivity index (χ3n) is 4.18. The summed E-state index contributed by atoms with van der Waals surface area (Å²) in [6.45, 7) is 6.36. The molecule has 3 heteroatoms. The average Bonchev–Trinajstić information content (AvgIpc) is 2.99. The van der Waals surface area contributed by atoms with Crippen LogP contribution in [0.5, 0.6) is 0 Å². The summed E-state index contributed by atoms with van der Waals surface area (Å²) in [7, 11) is 2.21. The molecule has 1 fully saturated rings. The van der Waals surface area contributed by atoms with Crippen LogP contribution in [0.3, 0.4) is 0 Å². The molecule has 0 aliphatic carbocycles. The van der Waals surface area contributed by atoms with E-state index >= 15 is 0 Å². The van der Waals surface area contributed by atoms with E-state index in [1.807, 2.05) is 0 Å². The fourth-order valence-corrected chi connectivity index (χ4v) is 2.58. The van der Waals surface area contributed by atoms with Gasteiger partial charge in [-0.2, -0.15) is 0 Å². The maximum Gasteiger partial charge on any atom is 0.0700 e. The molecule has 1 aromatic carbocycles. The zero-order chi connectivity index (χ0) is 14.2. The van der Waals surface area contributed by atoms with Gasteiger partial charge < -0.3 is 15.0 Å². The Hall–Kier alpha value is -0.900. The van der Waals surface area contributed by atoms with E-state index in [1.165, 1.54) is 18.4 Å². The molecule has 0 aromatic heterocycles. The van der Waals surface area contributed by atoms with Crippen LogP contribution in [0.2, 0.25) is 0 Å². The first-order chi connectivity index (χ1) is 9.75. The lowest BCUT2D eigenvalue weighted by Gasteiger charge is -2.25. The molecular formula is C17H28N2O. The molecule has 20 heavy (non-hydrogen) atoms. The van der Waals surface area contributed by atoms with Crippen molar-refractivity contribution >= 4 is 0 Å². The van der Waals surface area contributed by atoms with Gasteiger partial charge in [-0.25, -0.2) is 0 Å². The van der Waals surface area contributed by atoms with Gasteiger partial charge in [-0.05, 0) is 38.8 Å². The van der Waals surface area contributed by atoms with Crippen molar-refractivity contribution in [3.63, 3.8) is 0 Å². The Morgan fingerprint density at radius 3 is 2.85 bits per heavy atom. The molecule has 0 amide bonds. The van der Waals surface area contributed by atoms with Gasteiger partial charge in [0.05, 0.1) is 6.10 Å². The first-order valence-electron chi connectivity index (χ1n) is 7.82. The van der Waals surface area contributed by atoms with Crippen molar-refractivity contribution in [3.05, 3.63) is 35.9 Å². The lowest BCUT2D eigenvalue weighted by atomic mass is 10.1. The third-order valence-corrected chi connectivity index (χ3v) is 4.18. The predicted octanol–water partition coefficient (Wildman–Crippen LogP) is 2.32. The Kier molecular flexibility index (Phi) is 6.51. The fourth-order valence-electron chi connectivity index (χ4n) is 2.58. The maximum atomic E-state index is 5.62. The molecular weight excluding hydrogens is 248 g/mol. The number of ether oxygens (including phenoxy) is 1. The van der Waals surface area contributed by atoms with Crippen molar-refractivity contribution in [1.82, 2.24) is 10.2 Å². The molecule has 3 nitrogen and oxygen atoms in total. The Bertz CT molecular complexity index is 363. The van der Waals surface area contributed by atoms with Crippen molar-refractivity contribution in [2.45, 2.75) is 38.3 Å². The average molecular weight is 276 g/mol. The van der Waals surface area contributed by atoms with E-state index in [4.69, 9.17) is 4.74 Å². The molecule has 2 rings (SSSR count). The van der Waals surface area contributed by atoms with E-state index in [2.05, 4.69) is 54.5 Å². The lowest BCUT2D eigenvalue weighted by Crippen LogP contribution is -2.41. The quantitative estimate of drug-likeness (QED) is 0.788. The molecule has 1 aliphatic rings. The molecule has 1 aliphatic heterocycles. The first-order valence-corrected chi connectivity index (χ1v) is 7.82. The summed E-state index contributed by atoms with van der Waals surface area (Å²) >= 11 is 0. The second-order valence-electron chi connectivity index (χ2n) is 5.86. The summed E-state index contributed by atoms with van der Waals surface area (Å²) in [5.74, 6) is 0. The van der Waals surface area contributed by atoms with E-state index in [0.717, 1.165) is 32.7 Å². The van der Waals surface area contributed by atoms with Gasteiger partial charge in [0.15, 0.2) is 0 Å². The smallest absolute Gasteiger partial charge is 0.0700 e. The van der Waals surface area contributed by atoms with Gasteiger partial charge in [-0.1, -0.05) is 30.3 Å². The van der Waals surface area contributed by atoms with E-state index in [0.29, 0.717) is 12.1 Å². The summed E-state index contributed by atoms with van der Waals surface area (Å²) in [5.41, 5.74) is 1.42. The molecule has 0 bridgehead atoms. The molecule has 2 unspecified atom stereocenters. The number of hydrogen-bond acceptors (Lipinski definition) is 3. The molecule has 0 spiro atoms. The highest BCUT2D eigenvalue weighted by molar-refractivity contribution is 5.14. The Morgan fingerprint density at radius 2 is 2.15 bits per heavy atom. The van der Waals surface area contributed by atoms with Crippen LogP contribution in [0.1, 0.15) is 25.3 Å². The summed E-state index contributed by atoms with van der Waals surface area (Å²) in [5, 5.41) is 3.54. The van der Waals surface area contributed by atoms with Gasteiger partial charge in [0.1, 0.15) is 0 Å². The Morgan fingerprint density at radius 1 is 1.35 bits per heavy atom. The van der Waals surface area contributed by atoms with Crippen LogP contribution in [-0.2, 0) is 11.2 Å².